The van der Waals surface area contributed by atoms with Gasteiger partial charge in [0, 0.05) is 25.7 Å². The summed E-state index contributed by atoms with van der Waals surface area (Å²) in [7, 11) is 3.65. The molecular weight excluding hydrogens is 230 g/mol. The number of benzene rings is 1. The molecule has 0 aliphatic carbocycles. The molecule has 1 N–H and O–H groups in total. The molecule has 0 bridgehead atoms. The zero-order chi connectivity index (χ0) is 13.7. The first kappa shape index (κ1) is 14.4. The van der Waals surface area contributed by atoms with Crippen LogP contribution in [0, 0.1) is 13.8 Å². The molecule has 1 aromatic carbocycles. The Kier molecular flexibility index (Phi) is 5.01. The normalized spacial score (nSPS) is 10.2. The minimum Gasteiger partial charge on any atom is -0.496 e. The summed E-state index contributed by atoms with van der Waals surface area (Å²) in [6.45, 7) is 4.76. The van der Waals surface area contributed by atoms with Gasteiger partial charge in [0.2, 0.25) is 0 Å². The second-order valence-corrected chi connectivity index (χ2v) is 4.53. The smallest absolute Gasteiger partial charge is 0.303 e. The van der Waals surface area contributed by atoms with Crippen LogP contribution in [-0.4, -0.2) is 31.8 Å². The molecule has 4 heteroatoms. The zero-order valence-electron chi connectivity index (χ0n) is 11.5. The first-order valence-corrected chi connectivity index (χ1v) is 6.04. The Bertz CT molecular complexity index is 406. The summed E-state index contributed by atoms with van der Waals surface area (Å²) in [5, 5.41) is 8.62. The van der Waals surface area contributed by atoms with Gasteiger partial charge in [-0.25, -0.2) is 0 Å². The van der Waals surface area contributed by atoms with Crippen molar-refractivity contribution in [2.24, 2.45) is 0 Å². The second kappa shape index (κ2) is 6.28. The van der Waals surface area contributed by atoms with Crippen LogP contribution in [0.3, 0.4) is 0 Å². The Morgan fingerprint density at radius 3 is 2.33 bits per heavy atom. The number of methoxy groups -OCH3 is 1. The standard InChI is InChI=1S/C14H21NO3/c1-10-8-12(9-11(2)14(10)18-4)15(3)7-5-6-13(16)17/h8-9H,5-7H2,1-4H3,(H,16,17). The molecule has 0 heterocycles. The van der Waals surface area contributed by atoms with Crippen molar-refractivity contribution in [2.75, 3.05) is 25.6 Å². The van der Waals surface area contributed by atoms with Gasteiger partial charge in [-0.15, -0.1) is 0 Å². The highest BCUT2D eigenvalue weighted by Crippen LogP contribution is 2.28. The fraction of sp³-hybridized carbons (Fsp3) is 0.500. The summed E-state index contributed by atoms with van der Waals surface area (Å²) < 4.78 is 5.33. The van der Waals surface area contributed by atoms with Gasteiger partial charge in [-0.1, -0.05) is 0 Å². The molecule has 0 atom stereocenters. The van der Waals surface area contributed by atoms with Gasteiger partial charge in [0.25, 0.3) is 0 Å². The van der Waals surface area contributed by atoms with Crippen LogP contribution < -0.4 is 9.64 Å². The van der Waals surface area contributed by atoms with Gasteiger partial charge < -0.3 is 14.7 Å². The predicted octanol–water partition coefficient (Wildman–Crippen LogP) is 2.61. The molecule has 0 fully saturated rings. The summed E-state index contributed by atoms with van der Waals surface area (Å²) in [6.07, 6.45) is 0.856. The number of carbonyl (C=O) groups is 1. The highest BCUT2D eigenvalue weighted by atomic mass is 16.5. The van der Waals surface area contributed by atoms with Gasteiger partial charge >= 0.3 is 5.97 Å². The predicted molar refractivity (Wildman–Crippen MR) is 72.6 cm³/mol. The number of aliphatic carboxylic acids is 1. The SMILES string of the molecule is COc1c(C)cc(N(C)CCCC(=O)O)cc1C. The number of aryl methyl sites for hydroxylation is 2. The van der Waals surface area contributed by atoms with Crippen LogP contribution in [0.15, 0.2) is 12.1 Å². The number of carboxylic acid groups (broad SMARTS) is 1. The van der Waals surface area contributed by atoms with Crippen molar-refractivity contribution in [1.82, 2.24) is 0 Å². The Labute approximate surface area is 108 Å². The zero-order valence-corrected chi connectivity index (χ0v) is 11.5. The number of anilines is 1. The lowest BCUT2D eigenvalue weighted by Crippen LogP contribution is -2.19. The third-order valence-corrected chi connectivity index (χ3v) is 2.97. The quantitative estimate of drug-likeness (QED) is 0.844. The molecule has 0 spiro atoms. The van der Waals surface area contributed by atoms with E-state index in [0.717, 1.165) is 29.1 Å². The van der Waals surface area contributed by atoms with Crippen LogP contribution in [0.1, 0.15) is 24.0 Å². The van der Waals surface area contributed by atoms with Gasteiger partial charge in [0.05, 0.1) is 7.11 Å². The Balaban J connectivity index is 2.74. The lowest BCUT2D eigenvalue weighted by Gasteiger charge is -2.21. The third kappa shape index (κ3) is 3.65. The van der Waals surface area contributed by atoms with E-state index in [2.05, 4.69) is 17.0 Å². The fourth-order valence-corrected chi connectivity index (χ4v) is 2.07. The molecule has 0 aromatic heterocycles. The molecule has 0 saturated carbocycles. The monoisotopic (exact) mass is 251 g/mol. The van der Waals surface area contributed by atoms with Gasteiger partial charge in [0.15, 0.2) is 0 Å². The molecule has 1 rings (SSSR count). The number of carboxylic acids is 1. The molecule has 0 aliphatic rings. The largest absolute Gasteiger partial charge is 0.496 e. The molecule has 0 radical (unpaired) electrons. The highest BCUT2D eigenvalue weighted by Gasteiger charge is 2.08. The third-order valence-electron chi connectivity index (χ3n) is 2.97. The maximum Gasteiger partial charge on any atom is 0.303 e. The van der Waals surface area contributed by atoms with Crippen molar-refractivity contribution in [3.63, 3.8) is 0 Å². The van der Waals surface area contributed by atoms with Gasteiger partial charge in [-0.3, -0.25) is 4.79 Å². The van der Waals surface area contributed by atoms with E-state index >= 15 is 0 Å². The number of ether oxygens (including phenoxy) is 1. The van der Waals surface area contributed by atoms with Crippen molar-refractivity contribution in [1.29, 1.82) is 0 Å². The fourth-order valence-electron chi connectivity index (χ4n) is 2.07. The Morgan fingerprint density at radius 2 is 1.89 bits per heavy atom. The van der Waals surface area contributed by atoms with Crippen molar-refractivity contribution in [3.05, 3.63) is 23.3 Å². The van der Waals surface area contributed by atoms with Gasteiger partial charge in [-0.2, -0.15) is 0 Å². The molecular formula is C14H21NO3. The molecule has 4 nitrogen and oxygen atoms in total. The van der Waals surface area contributed by atoms with Crippen LogP contribution in [0.4, 0.5) is 5.69 Å². The summed E-state index contributed by atoms with van der Waals surface area (Å²) in [5.74, 6) is 0.170. The lowest BCUT2D eigenvalue weighted by molar-refractivity contribution is -0.137. The average Bonchev–Trinajstić information content (AvgIpc) is 2.27. The molecule has 1 aromatic rings. The number of hydrogen-bond acceptors (Lipinski definition) is 3. The van der Waals surface area contributed by atoms with E-state index in [1.54, 1.807) is 7.11 Å². The molecule has 100 valence electrons. The van der Waals surface area contributed by atoms with Crippen molar-refractivity contribution in [2.45, 2.75) is 26.7 Å². The summed E-state index contributed by atoms with van der Waals surface area (Å²) in [5.41, 5.74) is 3.28. The summed E-state index contributed by atoms with van der Waals surface area (Å²) in [4.78, 5) is 12.5. The maximum atomic E-state index is 10.5. The van der Waals surface area contributed by atoms with Crippen LogP contribution in [0.5, 0.6) is 5.75 Å². The van der Waals surface area contributed by atoms with E-state index in [4.69, 9.17) is 9.84 Å². The van der Waals surface area contributed by atoms with Crippen LogP contribution >= 0.6 is 0 Å². The van der Waals surface area contributed by atoms with E-state index in [1.165, 1.54) is 0 Å². The summed E-state index contributed by atoms with van der Waals surface area (Å²) >= 11 is 0. The maximum absolute atomic E-state index is 10.5. The van der Waals surface area contributed by atoms with Crippen LogP contribution in [0.2, 0.25) is 0 Å². The van der Waals surface area contributed by atoms with E-state index in [-0.39, 0.29) is 6.42 Å². The van der Waals surface area contributed by atoms with Gasteiger partial charge in [-0.05, 0) is 43.5 Å². The van der Waals surface area contributed by atoms with E-state index in [1.807, 2.05) is 20.9 Å². The van der Waals surface area contributed by atoms with Crippen molar-refractivity contribution in [3.8, 4) is 5.75 Å². The van der Waals surface area contributed by atoms with E-state index < -0.39 is 5.97 Å². The van der Waals surface area contributed by atoms with Crippen molar-refractivity contribution < 1.29 is 14.6 Å². The Morgan fingerprint density at radius 1 is 1.33 bits per heavy atom. The first-order valence-electron chi connectivity index (χ1n) is 6.04. The minimum absolute atomic E-state index is 0.207. The Hall–Kier alpha value is -1.71. The van der Waals surface area contributed by atoms with Crippen LogP contribution in [0.25, 0.3) is 0 Å². The molecule has 0 unspecified atom stereocenters. The lowest BCUT2D eigenvalue weighted by atomic mass is 10.1. The average molecular weight is 251 g/mol. The number of nitrogens with zero attached hydrogens (tertiary/aromatic N) is 1. The topological polar surface area (TPSA) is 49.8 Å². The highest BCUT2D eigenvalue weighted by molar-refractivity contribution is 5.66. The van der Waals surface area contributed by atoms with Gasteiger partial charge in [0.1, 0.15) is 5.75 Å². The second-order valence-electron chi connectivity index (χ2n) is 4.53. The first-order chi connectivity index (χ1) is 8.45. The summed E-state index contributed by atoms with van der Waals surface area (Å²) in [6, 6.07) is 4.12. The minimum atomic E-state index is -0.745. The molecule has 0 saturated heterocycles. The molecule has 0 amide bonds. The number of hydrogen-bond donors (Lipinski definition) is 1. The number of rotatable bonds is 6. The van der Waals surface area contributed by atoms with E-state index in [9.17, 15) is 4.79 Å². The van der Waals surface area contributed by atoms with Crippen molar-refractivity contribution >= 4 is 11.7 Å². The molecule has 0 aliphatic heterocycles. The van der Waals surface area contributed by atoms with E-state index in [0.29, 0.717) is 6.42 Å². The molecule has 18 heavy (non-hydrogen) atoms. The van der Waals surface area contributed by atoms with Crippen LogP contribution in [-0.2, 0) is 4.79 Å².